The summed E-state index contributed by atoms with van der Waals surface area (Å²) >= 11 is 0. The number of benzene rings is 2. The Balaban J connectivity index is 1.90. The van der Waals surface area contributed by atoms with E-state index in [2.05, 4.69) is 10.4 Å². The van der Waals surface area contributed by atoms with Gasteiger partial charge in [0.2, 0.25) is 5.41 Å². The number of hydrogen-bond acceptors (Lipinski definition) is 4. The molecule has 0 saturated heterocycles. The zero-order valence-electron chi connectivity index (χ0n) is 19.8. The highest BCUT2D eigenvalue weighted by Crippen LogP contribution is 2.51. The number of fused-ring (bicyclic) bond motifs is 1. The summed E-state index contributed by atoms with van der Waals surface area (Å²) in [4.78, 5) is 54.6. The van der Waals surface area contributed by atoms with Crippen LogP contribution in [-0.2, 0) is 10.2 Å². The Hall–Kier alpha value is -4.61. The van der Waals surface area contributed by atoms with E-state index < -0.39 is 51.3 Å². The maximum absolute atomic E-state index is 15.1. The molecule has 1 aliphatic heterocycles. The predicted octanol–water partition coefficient (Wildman–Crippen LogP) is 2.73. The number of carbonyl (C=O) groups excluding carboxylic acids is 1. The molecule has 2 aromatic carbocycles. The summed E-state index contributed by atoms with van der Waals surface area (Å²) in [5.74, 6) is -2.31. The van der Waals surface area contributed by atoms with E-state index in [4.69, 9.17) is 0 Å². The van der Waals surface area contributed by atoms with Gasteiger partial charge in [0, 0.05) is 5.69 Å². The lowest BCUT2D eigenvalue weighted by molar-refractivity contribution is -0.181. The van der Waals surface area contributed by atoms with E-state index in [0.717, 1.165) is 20.4 Å². The van der Waals surface area contributed by atoms with Crippen LogP contribution in [0.3, 0.4) is 0 Å². The molecule has 3 N–H and O–H groups in total. The highest BCUT2D eigenvalue weighted by atomic mass is 19.4. The number of aromatic nitrogens is 4. The second-order valence-electron chi connectivity index (χ2n) is 8.88. The number of halogens is 3. The smallest absolute Gasteiger partial charge is 0.310 e. The topological polar surface area (TPSA) is 122 Å². The van der Waals surface area contributed by atoms with E-state index >= 15 is 13.2 Å². The van der Waals surface area contributed by atoms with Gasteiger partial charge < -0.3 is 5.32 Å². The fourth-order valence-corrected chi connectivity index (χ4v) is 4.83. The molecule has 0 radical (unpaired) electrons. The minimum absolute atomic E-state index is 0.131. The van der Waals surface area contributed by atoms with Crippen LogP contribution in [0.25, 0.3) is 11.4 Å². The molecular weight excluding hydrogens is 491 g/mol. The third-order valence-corrected chi connectivity index (χ3v) is 6.69. The number of H-pyrrole nitrogens is 2. The van der Waals surface area contributed by atoms with Crippen molar-refractivity contribution < 1.29 is 18.0 Å². The zero-order chi connectivity index (χ0) is 26.9. The first-order chi connectivity index (χ1) is 17.4. The van der Waals surface area contributed by atoms with Crippen LogP contribution in [0.2, 0.25) is 0 Å². The standard InChI is InChI=1S/C25H20F3N5O4/c1-12-9-10-16(11-13(12)2)32-19-18(20(34)30-23(32)37)24(22(36)29-19,25(26,27)28)17-14(3)31-33(21(17)35)15-7-5-4-6-8-15/h4-11,31H,1-3H3,(H,29,36)(H,30,34,37). The number of hydrogen-bond donors (Lipinski definition) is 3. The monoisotopic (exact) mass is 511 g/mol. The van der Waals surface area contributed by atoms with Crippen molar-refractivity contribution >= 4 is 11.7 Å². The van der Waals surface area contributed by atoms with Crippen molar-refractivity contribution in [2.75, 3.05) is 5.32 Å². The number of aryl methyl sites for hydroxylation is 3. The summed E-state index contributed by atoms with van der Waals surface area (Å²) in [6, 6.07) is 12.5. The average Bonchev–Trinajstić information content (AvgIpc) is 3.29. The predicted molar refractivity (Wildman–Crippen MR) is 129 cm³/mol. The maximum Gasteiger partial charge on any atom is 0.411 e. The third-order valence-electron chi connectivity index (χ3n) is 6.69. The Bertz CT molecular complexity index is 1760. The number of alkyl halides is 3. The minimum Gasteiger partial charge on any atom is -0.310 e. The van der Waals surface area contributed by atoms with E-state index in [1.165, 1.54) is 25.1 Å². The lowest BCUT2D eigenvalue weighted by atomic mass is 9.75. The number of anilines is 1. The molecule has 1 atom stereocenters. The van der Waals surface area contributed by atoms with Crippen molar-refractivity contribution in [1.29, 1.82) is 0 Å². The Morgan fingerprint density at radius 2 is 1.51 bits per heavy atom. The van der Waals surface area contributed by atoms with Crippen LogP contribution < -0.4 is 22.1 Å². The lowest BCUT2D eigenvalue weighted by Crippen LogP contribution is -2.54. The van der Waals surface area contributed by atoms with E-state index in [0.29, 0.717) is 0 Å². The molecular formula is C25H20F3N5O4. The van der Waals surface area contributed by atoms with Crippen LogP contribution in [-0.4, -0.2) is 31.4 Å². The highest BCUT2D eigenvalue weighted by Gasteiger charge is 2.70. The molecule has 1 aliphatic rings. The molecule has 1 unspecified atom stereocenters. The number of nitrogens with one attached hydrogen (secondary N) is 3. The number of aromatic amines is 2. The number of nitrogens with zero attached hydrogens (tertiary/aromatic N) is 2. The van der Waals surface area contributed by atoms with E-state index in [-0.39, 0.29) is 17.1 Å². The second-order valence-corrected chi connectivity index (χ2v) is 8.88. The van der Waals surface area contributed by atoms with Crippen molar-refractivity contribution in [1.82, 2.24) is 19.3 Å². The summed E-state index contributed by atoms with van der Waals surface area (Å²) in [6.45, 7) is 4.76. The van der Waals surface area contributed by atoms with Crippen LogP contribution in [0.1, 0.15) is 27.9 Å². The molecule has 1 amide bonds. The van der Waals surface area contributed by atoms with Crippen molar-refractivity contribution in [2.45, 2.75) is 32.4 Å². The molecule has 0 fully saturated rings. The van der Waals surface area contributed by atoms with Gasteiger partial charge in [0.25, 0.3) is 17.0 Å². The lowest BCUT2D eigenvalue weighted by Gasteiger charge is -2.28. The number of para-hydroxylation sites is 1. The van der Waals surface area contributed by atoms with Gasteiger partial charge in [0.05, 0.1) is 22.5 Å². The molecule has 37 heavy (non-hydrogen) atoms. The third kappa shape index (κ3) is 3.25. The average molecular weight is 511 g/mol. The van der Waals surface area contributed by atoms with E-state index in [1.807, 2.05) is 11.9 Å². The molecule has 3 heterocycles. The van der Waals surface area contributed by atoms with Crippen LogP contribution in [0.5, 0.6) is 0 Å². The molecule has 12 heteroatoms. The summed E-state index contributed by atoms with van der Waals surface area (Å²) in [5, 5.41) is 4.69. The van der Waals surface area contributed by atoms with Crippen molar-refractivity contribution in [3.05, 3.63) is 108 Å². The van der Waals surface area contributed by atoms with Crippen LogP contribution in [0.4, 0.5) is 19.0 Å². The van der Waals surface area contributed by atoms with Crippen LogP contribution in [0.15, 0.2) is 62.9 Å². The molecule has 5 rings (SSSR count). The van der Waals surface area contributed by atoms with E-state index in [9.17, 15) is 19.2 Å². The number of rotatable bonds is 3. The molecule has 4 aromatic rings. The molecule has 0 bridgehead atoms. The second kappa shape index (κ2) is 7.95. The molecule has 190 valence electrons. The number of carbonyl (C=O) groups is 1. The summed E-state index contributed by atoms with van der Waals surface area (Å²) in [7, 11) is 0. The Labute approximate surface area is 206 Å². The van der Waals surface area contributed by atoms with Crippen LogP contribution in [0, 0.1) is 20.8 Å². The van der Waals surface area contributed by atoms with Gasteiger partial charge in [-0.1, -0.05) is 24.3 Å². The Kier molecular flexibility index (Phi) is 5.18. The molecule has 0 aliphatic carbocycles. The highest BCUT2D eigenvalue weighted by molar-refractivity contribution is 6.09. The Morgan fingerprint density at radius 1 is 0.838 bits per heavy atom. The van der Waals surface area contributed by atoms with Gasteiger partial charge in [-0.05, 0) is 56.2 Å². The molecule has 0 spiro atoms. The summed E-state index contributed by atoms with van der Waals surface area (Å²) in [5.41, 5.74) is -7.68. The van der Waals surface area contributed by atoms with Gasteiger partial charge >= 0.3 is 11.9 Å². The molecule has 9 nitrogen and oxygen atoms in total. The minimum atomic E-state index is -5.43. The van der Waals surface area contributed by atoms with Gasteiger partial charge in [0.15, 0.2) is 0 Å². The van der Waals surface area contributed by atoms with Gasteiger partial charge in [-0.3, -0.25) is 24.5 Å². The first-order valence-electron chi connectivity index (χ1n) is 11.1. The first-order valence-corrected chi connectivity index (χ1v) is 11.1. The summed E-state index contributed by atoms with van der Waals surface area (Å²) < 4.78 is 46.9. The molecule has 0 saturated carbocycles. The fourth-order valence-electron chi connectivity index (χ4n) is 4.83. The zero-order valence-corrected chi connectivity index (χ0v) is 19.8. The van der Waals surface area contributed by atoms with Gasteiger partial charge in [-0.25, -0.2) is 14.0 Å². The molecule has 2 aromatic heterocycles. The first kappa shape index (κ1) is 24.1. The quantitative estimate of drug-likeness (QED) is 0.392. The van der Waals surface area contributed by atoms with Crippen LogP contribution >= 0.6 is 0 Å². The van der Waals surface area contributed by atoms with Gasteiger partial charge in [-0.2, -0.15) is 13.2 Å². The SMILES string of the molecule is Cc1ccc(-n2c3c(c(=O)[nH]c2=O)C(c2c(C)[nH]n(-c4ccccc4)c2=O)(C(F)(F)F)C(=O)N3)cc1C. The number of amides is 1. The van der Waals surface area contributed by atoms with Gasteiger partial charge in [0.1, 0.15) is 5.82 Å². The van der Waals surface area contributed by atoms with Gasteiger partial charge in [-0.15, -0.1) is 0 Å². The fraction of sp³-hybridized carbons (Fsp3) is 0.200. The van der Waals surface area contributed by atoms with E-state index in [1.54, 1.807) is 37.3 Å². The Morgan fingerprint density at radius 3 is 2.14 bits per heavy atom. The van der Waals surface area contributed by atoms with Crippen molar-refractivity contribution in [3.8, 4) is 11.4 Å². The normalized spacial score (nSPS) is 17.1. The summed E-state index contributed by atoms with van der Waals surface area (Å²) in [6.07, 6.45) is -5.43. The maximum atomic E-state index is 15.1. The largest absolute Gasteiger partial charge is 0.411 e. The van der Waals surface area contributed by atoms with Crippen molar-refractivity contribution in [3.63, 3.8) is 0 Å². The van der Waals surface area contributed by atoms with Crippen molar-refractivity contribution in [2.24, 2.45) is 0 Å².